The first-order valence-electron chi connectivity index (χ1n) is 12.9. The first kappa shape index (κ1) is 28.4. The standard InChI is InChI=1S/C29H31N3O5S2/c1-4-22(38-21-13-9-12-20(16-21)31-25(33)18-14-15-18)26(34)32-28-23(29(36)37-5-2)17(3)24(39-28)27(35)30-19-10-7-6-8-11-19/h6-13,16,18,22H,4-5,14-15H2,1-3H3,(H,30,35)(H,31,33)(H,32,34). The van der Waals surface area contributed by atoms with Gasteiger partial charge in [0.2, 0.25) is 11.8 Å². The van der Waals surface area contributed by atoms with Gasteiger partial charge in [0.05, 0.1) is 22.3 Å². The Balaban J connectivity index is 1.52. The van der Waals surface area contributed by atoms with Crippen LogP contribution in [0.2, 0.25) is 0 Å². The van der Waals surface area contributed by atoms with Crippen LogP contribution in [-0.2, 0) is 14.3 Å². The molecule has 3 N–H and O–H groups in total. The van der Waals surface area contributed by atoms with Gasteiger partial charge in [-0.15, -0.1) is 23.1 Å². The number of amides is 3. The second-order valence-electron chi connectivity index (χ2n) is 9.10. The number of thiophene rings is 1. The summed E-state index contributed by atoms with van der Waals surface area (Å²) in [4.78, 5) is 52.6. The topological polar surface area (TPSA) is 114 Å². The van der Waals surface area contributed by atoms with Gasteiger partial charge in [0, 0.05) is 22.2 Å². The number of benzene rings is 2. The van der Waals surface area contributed by atoms with Crippen LogP contribution in [0.25, 0.3) is 0 Å². The molecule has 3 aromatic rings. The average Bonchev–Trinajstić information content (AvgIpc) is 3.72. The Morgan fingerprint density at radius 3 is 2.36 bits per heavy atom. The van der Waals surface area contributed by atoms with Crippen LogP contribution in [0.5, 0.6) is 0 Å². The Kier molecular flexibility index (Phi) is 9.42. The summed E-state index contributed by atoms with van der Waals surface area (Å²) in [6, 6.07) is 16.4. The summed E-state index contributed by atoms with van der Waals surface area (Å²) >= 11 is 2.42. The highest BCUT2D eigenvalue weighted by atomic mass is 32.2. The molecule has 0 aliphatic heterocycles. The van der Waals surface area contributed by atoms with Gasteiger partial charge < -0.3 is 20.7 Å². The molecule has 1 heterocycles. The lowest BCUT2D eigenvalue weighted by Crippen LogP contribution is -2.25. The molecular formula is C29H31N3O5S2. The fourth-order valence-electron chi connectivity index (χ4n) is 3.89. The van der Waals surface area contributed by atoms with E-state index in [2.05, 4.69) is 16.0 Å². The molecule has 39 heavy (non-hydrogen) atoms. The predicted molar refractivity (Wildman–Crippen MR) is 156 cm³/mol. The highest BCUT2D eigenvalue weighted by molar-refractivity contribution is 8.00. The van der Waals surface area contributed by atoms with Crippen molar-refractivity contribution in [2.75, 3.05) is 22.6 Å². The zero-order valence-corrected chi connectivity index (χ0v) is 23.7. The number of thioether (sulfide) groups is 1. The highest BCUT2D eigenvalue weighted by Crippen LogP contribution is 2.36. The van der Waals surface area contributed by atoms with Gasteiger partial charge in [-0.3, -0.25) is 14.4 Å². The molecule has 0 saturated heterocycles. The maximum absolute atomic E-state index is 13.4. The van der Waals surface area contributed by atoms with Crippen molar-refractivity contribution in [1.82, 2.24) is 0 Å². The summed E-state index contributed by atoms with van der Waals surface area (Å²) in [7, 11) is 0. The van der Waals surface area contributed by atoms with Crippen LogP contribution in [0.15, 0.2) is 59.5 Å². The number of ether oxygens (including phenoxy) is 1. The average molecular weight is 566 g/mol. The second-order valence-corrected chi connectivity index (χ2v) is 11.4. The molecule has 204 valence electrons. The lowest BCUT2D eigenvalue weighted by Gasteiger charge is -2.15. The van der Waals surface area contributed by atoms with Crippen molar-refractivity contribution in [3.63, 3.8) is 0 Å². The fourth-order valence-corrected chi connectivity index (χ4v) is 6.00. The minimum atomic E-state index is -0.597. The molecule has 0 radical (unpaired) electrons. The molecule has 1 fully saturated rings. The number of rotatable bonds is 11. The third-order valence-corrected chi connectivity index (χ3v) is 8.66. The van der Waals surface area contributed by atoms with Crippen LogP contribution in [0.3, 0.4) is 0 Å². The zero-order chi connectivity index (χ0) is 27.9. The van der Waals surface area contributed by atoms with Crippen LogP contribution in [0, 0.1) is 12.8 Å². The molecule has 8 nitrogen and oxygen atoms in total. The minimum absolute atomic E-state index is 0.0219. The van der Waals surface area contributed by atoms with Gasteiger partial charge >= 0.3 is 5.97 Å². The van der Waals surface area contributed by atoms with E-state index in [0.717, 1.165) is 29.1 Å². The Bertz CT molecular complexity index is 1370. The predicted octanol–water partition coefficient (Wildman–Crippen LogP) is 6.34. The Hall–Kier alpha value is -3.63. The highest BCUT2D eigenvalue weighted by Gasteiger charge is 2.30. The molecule has 0 bridgehead atoms. The molecular weight excluding hydrogens is 534 g/mol. The molecule has 2 aromatic carbocycles. The van der Waals surface area contributed by atoms with Gasteiger partial charge in [0.1, 0.15) is 5.00 Å². The maximum atomic E-state index is 13.4. The Labute approximate surface area is 235 Å². The van der Waals surface area contributed by atoms with Crippen molar-refractivity contribution >= 4 is 63.2 Å². The molecule has 3 amide bonds. The number of hydrogen-bond donors (Lipinski definition) is 3. The summed E-state index contributed by atoms with van der Waals surface area (Å²) in [5, 5.41) is 8.45. The lowest BCUT2D eigenvalue weighted by atomic mass is 10.1. The van der Waals surface area contributed by atoms with E-state index in [1.54, 1.807) is 26.0 Å². The van der Waals surface area contributed by atoms with Crippen molar-refractivity contribution < 1.29 is 23.9 Å². The van der Waals surface area contributed by atoms with E-state index < -0.39 is 11.2 Å². The summed E-state index contributed by atoms with van der Waals surface area (Å²) < 4.78 is 5.24. The maximum Gasteiger partial charge on any atom is 0.341 e. The van der Waals surface area contributed by atoms with Crippen molar-refractivity contribution in [3.8, 4) is 0 Å². The number of anilines is 3. The normalized spacial score (nSPS) is 13.3. The Morgan fingerprint density at radius 2 is 1.69 bits per heavy atom. The number of hydrogen-bond acceptors (Lipinski definition) is 7. The van der Waals surface area contributed by atoms with Crippen molar-refractivity contribution in [3.05, 3.63) is 70.6 Å². The van der Waals surface area contributed by atoms with Crippen molar-refractivity contribution in [2.45, 2.75) is 50.2 Å². The van der Waals surface area contributed by atoms with Gasteiger partial charge in [0.15, 0.2) is 0 Å². The van der Waals surface area contributed by atoms with E-state index in [1.807, 2.05) is 49.4 Å². The molecule has 1 saturated carbocycles. The third kappa shape index (κ3) is 7.27. The fraction of sp³-hybridized carbons (Fsp3) is 0.310. The van der Waals surface area contributed by atoms with Crippen molar-refractivity contribution in [2.24, 2.45) is 5.92 Å². The van der Waals surface area contributed by atoms with E-state index >= 15 is 0 Å². The van der Waals surface area contributed by atoms with Gasteiger partial charge in [-0.2, -0.15) is 0 Å². The molecule has 1 atom stereocenters. The molecule has 0 spiro atoms. The Morgan fingerprint density at radius 1 is 0.974 bits per heavy atom. The summed E-state index contributed by atoms with van der Waals surface area (Å²) in [5.41, 5.74) is 1.94. The number of para-hydroxylation sites is 1. The molecule has 4 rings (SSSR count). The SMILES string of the molecule is CCOC(=O)c1c(NC(=O)C(CC)Sc2cccc(NC(=O)C3CC3)c2)sc(C(=O)Nc2ccccc2)c1C. The van der Waals surface area contributed by atoms with E-state index in [0.29, 0.717) is 28.2 Å². The van der Waals surface area contributed by atoms with Crippen molar-refractivity contribution in [1.29, 1.82) is 0 Å². The zero-order valence-electron chi connectivity index (χ0n) is 22.0. The molecule has 1 aliphatic rings. The van der Waals surface area contributed by atoms with Gasteiger partial charge in [0.25, 0.3) is 5.91 Å². The summed E-state index contributed by atoms with van der Waals surface area (Å²) in [6.45, 7) is 5.44. The number of nitrogens with one attached hydrogen (secondary N) is 3. The van der Waals surface area contributed by atoms with E-state index in [4.69, 9.17) is 4.74 Å². The van der Waals surface area contributed by atoms with E-state index in [1.165, 1.54) is 11.8 Å². The van der Waals surface area contributed by atoms with Crippen LogP contribution in [0.1, 0.15) is 58.7 Å². The van der Waals surface area contributed by atoms with Crippen LogP contribution in [-0.4, -0.2) is 35.5 Å². The van der Waals surface area contributed by atoms with Gasteiger partial charge in [-0.25, -0.2) is 4.79 Å². The van der Waals surface area contributed by atoms with Gasteiger partial charge in [-0.05, 0) is 69.0 Å². The third-order valence-electron chi connectivity index (χ3n) is 6.09. The first-order valence-corrected chi connectivity index (χ1v) is 14.6. The smallest absolute Gasteiger partial charge is 0.341 e. The second kappa shape index (κ2) is 12.9. The quantitative estimate of drug-likeness (QED) is 0.185. The molecule has 1 aromatic heterocycles. The minimum Gasteiger partial charge on any atom is -0.462 e. The van der Waals surface area contributed by atoms with Crippen LogP contribution < -0.4 is 16.0 Å². The number of esters is 1. The first-order chi connectivity index (χ1) is 18.8. The van der Waals surface area contributed by atoms with E-state index in [9.17, 15) is 19.2 Å². The summed E-state index contributed by atoms with van der Waals surface area (Å²) in [6.07, 6.45) is 2.36. The van der Waals surface area contributed by atoms with Crippen LogP contribution in [0.4, 0.5) is 16.4 Å². The number of carbonyl (C=O) groups excluding carboxylic acids is 4. The molecule has 10 heteroatoms. The van der Waals surface area contributed by atoms with Crippen LogP contribution >= 0.6 is 23.1 Å². The largest absolute Gasteiger partial charge is 0.462 e. The monoisotopic (exact) mass is 565 g/mol. The molecule has 1 unspecified atom stereocenters. The lowest BCUT2D eigenvalue weighted by molar-refractivity contribution is -0.117. The van der Waals surface area contributed by atoms with E-state index in [-0.39, 0.29) is 40.8 Å². The van der Waals surface area contributed by atoms with Gasteiger partial charge in [-0.1, -0.05) is 31.2 Å². The number of carbonyl (C=O) groups is 4. The summed E-state index contributed by atoms with van der Waals surface area (Å²) in [5.74, 6) is -1.15. The molecule has 1 aliphatic carbocycles.